The van der Waals surface area contributed by atoms with E-state index in [1.54, 1.807) is 0 Å². The van der Waals surface area contributed by atoms with E-state index >= 15 is 0 Å². The molecule has 0 spiro atoms. The smallest absolute Gasteiger partial charge is 0.391 e. The number of carbonyl (C=O) groups excluding carboxylic acids is 1. The Morgan fingerprint density at radius 2 is 1.77 bits per heavy atom. The zero-order chi connectivity index (χ0) is 29.0. The highest BCUT2D eigenvalue weighted by Crippen LogP contribution is 2.38. The van der Waals surface area contributed by atoms with Gasteiger partial charge in [0, 0.05) is 19.3 Å². The molecule has 1 aromatic carbocycles. The van der Waals surface area contributed by atoms with Gasteiger partial charge >= 0.3 is 12.1 Å². The average molecular weight is 568 g/mol. The van der Waals surface area contributed by atoms with Crippen LogP contribution in [0, 0.1) is 23.3 Å². The molecule has 16 heteroatoms. The van der Waals surface area contributed by atoms with E-state index in [0.717, 1.165) is 0 Å². The number of anilines is 1. The minimum absolute atomic E-state index is 0.0784. The number of benzene rings is 1. The summed E-state index contributed by atoms with van der Waals surface area (Å²) in [6.45, 7) is 0.356. The van der Waals surface area contributed by atoms with Crippen molar-refractivity contribution in [1.29, 1.82) is 0 Å². The first-order valence-corrected chi connectivity index (χ1v) is 11.1. The SMILES string of the molecule is CC(NC(=O)c1cn(-c2ccc(F)c(F)c2F)c2nc(N3CC[C@H](O)C3)c(F)cc2c1=O)C(F)(F)C(F)(F)F. The number of carbonyl (C=O) groups is 1. The normalized spacial score (nSPS) is 17.1. The van der Waals surface area contributed by atoms with E-state index < -0.39 is 87.0 Å². The van der Waals surface area contributed by atoms with Crippen molar-refractivity contribution >= 4 is 22.8 Å². The van der Waals surface area contributed by atoms with Crippen LogP contribution >= 0.6 is 0 Å². The number of aliphatic hydroxyl groups is 1. The van der Waals surface area contributed by atoms with Gasteiger partial charge in [-0.15, -0.1) is 0 Å². The van der Waals surface area contributed by atoms with Gasteiger partial charge in [-0.2, -0.15) is 22.0 Å². The number of fused-ring (bicyclic) bond motifs is 1. The first-order valence-electron chi connectivity index (χ1n) is 11.1. The lowest BCUT2D eigenvalue weighted by molar-refractivity contribution is -0.290. The van der Waals surface area contributed by atoms with E-state index in [1.165, 1.54) is 10.2 Å². The number of hydrogen-bond acceptors (Lipinski definition) is 5. The molecule has 0 bridgehead atoms. The Bertz CT molecular complexity index is 1520. The van der Waals surface area contributed by atoms with Crippen molar-refractivity contribution in [2.24, 2.45) is 0 Å². The van der Waals surface area contributed by atoms with Crippen LogP contribution in [0.25, 0.3) is 16.7 Å². The minimum Gasteiger partial charge on any atom is -0.391 e. The number of nitrogens with zero attached hydrogens (tertiary/aromatic N) is 3. The van der Waals surface area contributed by atoms with Gasteiger partial charge in [0.15, 0.2) is 34.7 Å². The van der Waals surface area contributed by atoms with E-state index in [-0.39, 0.29) is 19.5 Å². The minimum atomic E-state index is -6.06. The summed E-state index contributed by atoms with van der Waals surface area (Å²) in [4.78, 5) is 31.0. The van der Waals surface area contributed by atoms with Crippen LogP contribution in [0.3, 0.4) is 0 Å². The van der Waals surface area contributed by atoms with Gasteiger partial charge < -0.3 is 15.3 Å². The zero-order valence-corrected chi connectivity index (χ0v) is 19.6. The fraction of sp³-hybridized carbons (Fsp3) is 0.348. The van der Waals surface area contributed by atoms with E-state index in [2.05, 4.69) is 4.98 Å². The third-order valence-electron chi connectivity index (χ3n) is 6.16. The standard InChI is InChI=1S/C23H17F9N4O3/c1-9(22(28,29)23(30,31)32)33-21(39)12-8-36(15-3-2-13(24)16(26)17(15)27)19-11(18(12)38)6-14(25)20(34-19)35-5-4-10(37)7-35/h2-3,6,8-10,37H,4-5,7H2,1H3,(H,33,39)/t9?,10-/m0/s1. The van der Waals surface area contributed by atoms with Gasteiger partial charge in [0.1, 0.15) is 5.56 Å². The largest absolute Gasteiger partial charge is 0.455 e. The summed E-state index contributed by atoms with van der Waals surface area (Å²) in [5.41, 5.74) is -3.98. The highest BCUT2D eigenvalue weighted by Gasteiger charge is 2.61. The van der Waals surface area contributed by atoms with Gasteiger partial charge in [0.25, 0.3) is 5.91 Å². The maximum absolute atomic E-state index is 15.0. The van der Waals surface area contributed by atoms with Crippen molar-refractivity contribution in [3.8, 4) is 5.69 Å². The number of aliphatic hydroxyl groups excluding tert-OH is 1. The molecule has 1 saturated heterocycles. The topological polar surface area (TPSA) is 87.5 Å². The van der Waals surface area contributed by atoms with Crippen LogP contribution in [0.1, 0.15) is 23.7 Å². The van der Waals surface area contributed by atoms with Crippen molar-refractivity contribution < 1.29 is 49.4 Å². The van der Waals surface area contributed by atoms with Gasteiger partial charge in [-0.1, -0.05) is 0 Å². The van der Waals surface area contributed by atoms with Crippen LogP contribution in [0.2, 0.25) is 0 Å². The average Bonchev–Trinajstić information content (AvgIpc) is 3.28. The Labute approximate surface area is 212 Å². The second kappa shape index (κ2) is 9.73. The zero-order valence-electron chi connectivity index (χ0n) is 19.6. The second-order valence-electron chi connectivity index (χ2n) is 8.81. The molecule has 1 fully saturated rings. The first kappa shape index (κ1) is 28.2. The Hall–Kier alpha value is -3.82. The molecular formula is C23H17F9N4O3. The molecule has 2 N–H and O–H groups in total. The van der Waals surface area contributed by atoms with Crippen LogP contribution in [-0.2, 0) is 0 Å². The Morgan fingerprint density at radius 1 is 1.10 bits per heavy atom. The molecule has 1 aliphatic rings. The molecule has 2 aromatic heterocycles. The second-order valence-corrected chi connectivity index (χ2v) is 8.81. The van der Waals surface area contributed by atoms with E-state index in [4.69, 9.17) is 0 Å². The molecule has 3 heterocycles. The summed E-state index contributed by atoms with van der Waals surface area (Å²) in [5, 5.41) is 10.3. The van der Waals surface area contributed by atoms with Crippen molar-refractivity contribution in [1.82, 2.24) is 14.9 Å². The highest BCUT2D eigenvalue weighted by atomic mass is 19.4. The van der Waals surface area contributed by atoms with Crippen molar-refractivity contribution in [3.05, 3.63) is 63.5 Å². The fourth-order valence-electron chi connectivity index (χ4n) is 4.03. The molecule has 2 atom stereocenters. The monoisotopic (exact) mass is 568 g/mol. The molecule has 4 rings (SSSR count). The van der Waals surface area contributed by atoms with Gasteiger partial charge in [-0.05, 0) is 31.5 Å². The number of aromatic nitrogens is 2. The maximum Gasteiger partial charge on any atom is 0.455 e. The number of pyridine rings is 2. The summed E-state index contributed by atoms with van der Waals surface area (Å²) in [6, 6.07) is -1.18. The van der Waals surface area contributed by atoms with Crippen LogP contribution < -0.4 is 15.6 Å². The summed E-state index contributed by atoms with van der Waals surface area (Å²) in [6.07, 6.45) is -6.22. The number of alkyl halides is 5. The number of hydrogen-bond donors (Lipinski definition) is 2. The first-order chi connectivity index (χ1) is 18.0. The molecule has 210 valence electrons. The Kier molecular flexibility index (Phi) is 7.04. The molecule has 1 amide bonds. The summed E-state index contributed by atoms with van der Waals surface area (Å²) in [5.74, 6) is -14.2. The fourth-order valence-corrected chi connectivity index (χ4v) is 4.03. The van der Waals surface area contributed by atoms with Crippen LogP contribution in [0.5, 0.6) is 0 Å². The number of rotatable bonds is 5. The highest BCUT2D eigenvalue weighted by molar-refractivity contribution is 5.97. The number of amides is 1. The molecule has 0 aliphatic carbocycles. The third-order valence-corrected chi connectivity index (χ3v) is 6.16. The molecule has 0 radical (unpaired) electrons. The van der Waals surface area contributed by atoms with E-state index in [9.17, 15) is 54.2 Å². The van der Waals surface area contributed by atoms with Gasteiger partial charge in [0.05, 0.1) is 23.2 Å². The van der Waals surface area contributed by atoms with Gasteiger partial charge in [-0.25, -0.2) is 22.5 Å². The lowest BCUT2D eigenvalue weighted by Gasteiger charge is -2.26. The predicted octanol–water partition coefficient (Wildman–Crippen LogP) is 3.83. The number of nitrogens with one attached hydrogen (secondary N) is 1. The third kappa shape index (κ3) is 4.88. The molecular weight excluding hydrogens is 551 g/mol. The molecule has 3 aromatic rings. The molecule has 39 heavy (non-hydrogen) atoms. The van der Waals surface area contributed by atoms with Crippen LogP contribution in [0.4, 0.5) is 45.3 Å². The summed E-state index contributed by atoms with van der Waals surface area (Å²) in [7, 11) is 0. The Morgan fingerprint density at radius 3 is 2.36 bits per heavy atom. The summed E-state index contributed by atoms with van der Waals surface area (Å²) < 4.78 is 123. The van der Waals surface area contributed by atoms with E-state index in [0.29, 0.717) is 35.9 Å². The Balaban J connectivity index is 1.94. The molecule has 1 unspecified atom stereocenters. The van der Waals surface area contributed by atoms with Crippen LogP contribution in [0.15, 0.2) is 29.2 Å². The van der Waals surface area contributed by atoms with Gasteiger partial charge in [-0.3, -0.25) is 14.2 Å². The lowest BCUT2D eigenvalue weighted by atomic mass is 10.1. The van der Waals surface area contributed by atoms with Crippen molar-refractivity contribution in [3.63, 3.8) is 0 Å². The van der Waals surface area contributed by atoms with Crippen LogP contribution in [-0.4, -0.2) is 57.9 Å². The quantitative estimate of drug-likeness (QED) is 0.361. The van der Waals surface area contributed by atoms with Gasteiger partial charge in [0.2, 0.25) is 5.43 Å². The predicted molar refractivity (Wildman–Crippen MR) is 118 cm³/mol. The van der Waals surface area contributed by atoms with Crippen molar-refractivity contribution in [2.45, 2.75) is 37.6 Å². The summed E-state index contributed by atoms with van der Waals surface area (Å²) >= 11 is 0. The van der Waals surface area contributed by atoms with Crippen molar-refractivity contribution in [2.75, 3.05) is 18.0 Å². The molecule has 7 nitrogen and oxygen atoms in total. The molecule has 1 aliphatic heterocycles. The maximum atomic E-state index is 15.0. The molecule has 0 saturated carbocycles. The number of halogens is 9. The lowest BCUT2D eigenvalue weighted by Crippen LogP contribution is -2.54. The van der Waals surface area contributed by atoms with E-state index in [1.807, 2.05) is 0 Å². The number of β-amino-alcohol motifs (C(OH)–C–C–N with tert-alkyl or cyclic N) is 1.